The summed E-state index contributed by atoms with van der Waals surface area (Å²) in [6, 6.07) is 2.25. The number of amides is 2. The molecule has 1 spiro atoms. The number of hydrogen-bond acceptors (Lipinski definition) is 3. The van der Waals surface area contributed by atoms with Gasteiger partial charge in [-0.3, -0.25) is 9.59 Å². The number of nitrogens with zero attached hydrogens (tertiary/aromatic N) is 2. The molecule has 5 nitrogen and oxygen atoms in total. The van der Waals surface area contributed by atoms with E-state index in [2.05, 4.69) is 10.3 Å². The topological polar surface area (TPSA) is 62.3 Å². The fraction of sp³-hybridized carbons (Fsp3) is 0.588. The van der Waals surface area contributed by atoms with Crippen molar-refractivity contribution < 1.29 is 15.4 Å². The lowest BCUT2D eigenvalue weighted by atomic mass is 10.0. The van der Waals surface area contributed by atoms with E-state index in [9.17, 15) is 14.0 Å². The monoisotopic (exact) mass is 321 g/mol. The van der Waals surface area contributed by atoms with E-state index in [0.717, 1.165) is 38.3 Å². The molecule has 1 saturated carbocycles. The van der Waals surface area contributed by atoms with Crippen LogP contribution in [0.1, 0.15) is 46.9 Å². The molecular weight excluding hydrogens is 297 g/mol. The third kappa shape index (κ3) is 3.51. The highest BCUT2D eigenvalue weighted by atomic mass is 19.1. The molecule has 1 aliphatic carbocycles. The highest BCUT2D eigenvalue weighted by Crippen LogP contribution is 2.55. The van der Waals surface area contributed by atoms with Crippen LogP contribution in [0, 0.1) is 11.2 Å². The zero-order valence-electron chi connectivity index (χ0n) is 13.3. The minimum absolute atomic E-state index is 0. The summed E-state index contributed by atoms with van der Waals surface area (Å²) >= 11 is 0. The van der Waals surface area contributed by atoms with E-state index < -0.39 is 11.9 Å². The molecule has 2 aliphatic rings. The van der Waals surface area contributed by atoms with Crippen molar-refractivity contribution in [3.63, 3.8) is 0 Å². The normalized spacial score (nSPS) is 21.5. The second-order valence-corrected chi connectivity index (χ2v) is 6.70. The van der Waals surface area contributed by atoms with Crippen LogP contribution in [-0.2, 0) is 9.59 Å². The van der Waals surface area contributed by atoms with E-state index in [1.165, 1.54) is 12.1 Å². The van der Waals surface area contributed by atoms with E-state index in [1.54, 1.807) is 4.90 Å². The predicted molar refractivity (Wildman–Crippen MR) is 86.2 cm³/mol. The van der Waals surface area contributed by atoms with Crippen molar-refractivity contribution >= 4 is 17.6 Å². The van der Waals surface area contributed by atoms with Crippen molar-refractivity contribution in [3.8, 4) is 0 Å². The average Bonchev–Trinajstić information content (AvgIpc) is 3.17. The van der Waals surface area contributed by atoms with Crippen LogP contribution in [0.5, 0.6) is 0 Å². The molecule has 23 heavy (non-hydrogen) atoms. The van der Waals surface area contributed by atoms with Crippen molar-refractivity contribution in [1.29, 1.82) is 0 Å². The summed E-state index contributed by atoms with van der Waals surface area (Å²) in [5.74, 6) is -0.299. The molecule has 0 bridgehead atoms. The fourth-order valence-electron chi connectivity index (χ4n) is 3.22. The van der Waals surface area contributed by atoms with Gasteiger partial charge in [-0.05, 0) is 43.2 Å². The smallest absolute Gasteiger partial charge is 0.248 e. The van der Waals surface area contributed by atoms with Gasteiger partial charge < -0.3 is 10.2 Å². The lowest BCUT2D eigenvalue weighted by Crippen LogP contribution is -2.43. The largest absolute Gasteiger partial charge is 0.330 e. The summed E-state index contributed by atoms with van der Waals surface area (Å²) in [6.45, 7) is 2.73. The van der Waals surface area contributed by atoms with Gasteiger partial charge >= 0.3 is 0 Å². The molecule has 2 fully saturated rings. The molecule has 126 valence electrons. The third-order valence-electron chi connectivity index (χ3n) is 4.81. The maximum Gasteiger partial charge on any atom is 0.248 e. The van der Waals surface area contributed by atoms with E-state index in [-0.39, 0.29) is 18.7 Å². The molecule has 0 radical (unpaired) electrons. The Bertz CT molecular complexity index is 604. The van der Waals surface area contributed by atoms with Crippen LogP contribution in [0.3, 0.4) is 0 Å². The highest BCUT2D eigenvalue weighted by molar-refractivity contribution is 5.97. The number of carbonyl (C=O) groups is 2. The number of pyridine rings is 1. The molecule has 1 N–H and O–H groups in total. The lowest BCUT2D eigenvalue weighted by molar-refractivity contribution is -0.136. The summed E-state index contributed by atoms with van der Waals surface area (Å²) < 4.78 is 12.9. The van der Waals surface area contributed by atoms with Crippen molar-refractivity contribution in [1.82, 2.24) is 9.88 Å². The maximum atomic E-state index is 12.9. The SMILES string of the molecule is CCCCC(=O)N1CC2(CC2)C[C@H]1C(=O)Nc1ccc(F)cn1.[HH]. The summed E-state index contributed by atoms with van der Waals surface area (Å²) in [6.07, 6.45) is 6.25. The number of hydrogen-bond donors (Lipinski definition) is 1. The standard InChI is InChI=1S/C17H22FN3O2.H2/c1-2-3-4-15(22)21-11-17(7-8-17)9-13(21)16(23)20-14-6-5-12(18)10-19-14;/h5-6,10,13H,2-4,7-9,11H2,1H3,(H,19,20,23);1H/t13-;/m0./s1. The molecular formula is C17H24FN3O2. The predicted octanol–water partition coefficient (Wildman–Crippen LogP) is 2.98. The number of nitrogens with one attached hydrogen (secondary N) is 1. The Balaban J connectivity index is 0.00000208. The van der Waals surface area contributed by atoms with Gasteiger partial charge in [0.2, 0.25) is 11.8 Å². The van der Waals surface area contributed by atoms with Gasteiger partial charge in [-0.15, -0.1) is 0 Å². The number of anilines is 1. The average molecular weight is 321 g/mol. The van der Waals surface area contributed by atoms with Crippen LogP contribution in [0.15, 0.2) is 18.3 Å². The Morgan fingerprint density at radius 1 is 1.48 bits per heavy atom. The van der Waals surface area contributed by atoms with Crippen LogP contribution in [0.25, 0.3) is 0 Å². The number of aromatic nitrogens is 1. The molecule has 1 aliphatic heterocycles. The van der Waals surface area contributed by atoms with Crippen molar-refractivity contribution in [2.75, 3.05) is 11.9 Å². The highest BCUT2D eigenvalue weighted by Gasteiger charge is 2.54. The van der Waals surface area contributed by atoms with Gasteiger partial charge in [0.25, 0.3) is 0 Å². The van der Waals surface area contributed by atoms with E-state index in [4.69, 9.17) is 0 Å². The number of likely N-dealkylation sites (tertiary alicyclic amines) is 1. The Morgan fingerprint density at radius 2 is 2.26 bits per heavy atom. The second kappa shape index (κ2) is 6.26. The van der Waals surface area contributed by atoms with Crippen LogP contribution < -0.4 is 5.32 Å². The molecule has 1 saturated heterocycles. The number of unbranched alkanes of at least 4 members (excludes halogenated alkanes) is 1. The van der Waals surface area contributed by atoms with Crippen LogP contribution in [0.2, 0.25) is 0 Å². The zero-order valence-corrected chi connectivity index (χ0v) is 13.3. The number of rotatable bonds is 5. The molecule has 2 heterocycles. The van der Waals surface area contributed by atoms with Crippen LogP contribution in [0.4, 0.5) is 10.2 Å². The van der Waals surface area contributed by atoms with Gasteiger partial charge in [0.1, 0.15) is 17.7 Å². The minimum Gasteiger partial charge on any atom is -0.330 e. The Labute approximate surface area is 136 Å². The van der Waals surface area contributed by atoms with Crippen molar-refractivity contribution in [3.05, 3.63) is 24.1 Å². The fourth-order valence-corrected chi connectivity index (χ4v) is 3.22. The number of carbonyl (C=O) groups excluding carboxylic acids is 2. The van der Waals surface area contributed by atoms with Crippen molar-refractivity contribution in [2.24, 2.45) is 5.41 Å². The molecule has 1 aromatic heterocycles. The first-order valence-corrected chi connectivity index (χ1v) is 8.25. The maximum absolute atomic E-state index is 12.9. The van der Waals surface area contributed by atoms with E-state index in [1.807, 2.05) is 6.92 Å². The molecule has 3 rings (SSSR count). The van der Waals surface area contributed by atoms with Crippen LogP contribution in [-0.4, -0.2) is 34.3 Å². The van der Waals surface area contributed by atoms with E-state index >= 15 is 0 Å². The molecule has 6 heteroatoms. The zero-order chi connectivity index (χ0) is 16.4. The second-order valence-electron chi connectivity index (χ2n) is 6.70. The molecule has 2 amide bonds. The quantitative estimate of drug-likeness (QED) is 0.907. The first-order chi connectivity index (χ1) is 11.0. The van der Waals surface area contributed by atoms with Crippen LogP contribution >= 0.6 is 0 Å². The summed E-state index contributed by atoms with van der Waals surface area (Å²) in [7, 11) is 0. The first-order valence-electron chi connectivity index (χ1n) is 8.25. The van der Waals surface area contributed by atoms with Gasteiger partial charge in [-0.1, -0.05) is 13.3 Å². The van der Waals surface area contributed by atoms with Gasteiger partial charge in [0.15, 0.2) is 0 Å². The lowest BCUT2D eigenvalue weighted by Gasteiger charge is -2.23. The van der Waals surface area contributed by atoms with Gasteiger partial charge in [0, 0.05) is 14.4 Å². The molecule has 0 aromatic carbocycles. The number of halogens is 1. The third-order valence-corrected chi connectivity index (χ3v) is 4.81. The summed E-state index contributed by atoms with van der Waals surface area (Å²) in [5, 5.41) is 2.71. The summed E-state index contributed by atoms with van der Waals surface area (Å²) in [4.78, 5) is 30.6. The Hall–Kier alpha value is -1.98. The molecule has 0 unspecified atom stereocenters. The van der Waals surface area contributed by atoms with Gasteiger partial charge in [-0.2, -0.15) is 0 Å². The first kappa shape index (κ1) is 15.9. The van der Waals surface area contributed by atoms with Gasteiger partial charge in [-0.25, -0.2) is 9.37 Å². The van der Waals surface area contributed by atoms with Gasteiger partial charge in [0.05, 0.1) is 6.20 Å². The minimum atomic E-state index is -0.447. The van der Waals surface area contributed by atoms with Crippen molar-refractivity contribution in [2.45, 2.75) is 51.5 Å². The molecule has 1 aromatic rings. The summed E-state index contributed by atoms with van der Waals surface area (Å²) in [5.41, 5.74) is 0.153. The Morgan fingerprint density at radius 3 is 2.87 bits per heavy atom. The Kier molecular flexibility index (Phi) is 4.33. The van der Waals surface area contributed by atoms with E-state index in [0.29, 0.717) is 18.8 Å². The molecule has 1 atom stereocenters.